The SMILES string of the molecule is Cc1ccc(/C=C2/SC(=Nc3ccccc3)NC2=O)cc1[N+](=O)[O-]. The summed E-state index contributed by atoms with van der Waals surface area (Å²) in [5.41, 5.74) is 1.96. The summed E-state index contributed by atoms with van der Waals surface area (Å²) in [5.74, 6) is -0.266. The molecule has 0 spiro atoms. The Hall–Kier alpha value is -2.93. The Morgan fingerprint density at radius 2 is 1.96 bits per heavy atom. The molecule has 0 radical (unpaired) electrons. The summed E-state index contributed by atoms with van der Waals surface area (Å²) in [6.45, 7) is 1.68. The average molecular weight is 339 g/mol. The molecule has 2 aromatic carbocycles. The maximum Gasteiger partial charge on any atom is 0.272 e. The Morgan fingerprint density at radius 3 is 2.67 bits per heavy atom. The van der Waals surface area contributed by atoms with Crippen molar-refractivity contribution >= 4 is 40.3 Å². The van der Waals surface area contributed by atoms with Crippen LogP contribution in [-0.2, 0) is 4.79 Å². The van der Waals surface area contributed by atoms with E-state index in [4.69, 9.17) is 0 Å². The summed E-state index contributed by atoms with van der Waals surface area (Å²) in [6, 6.07) is 14.2. The molecule has 0 aromatic heterocycles. The molecule has 1 fully saturated rings. The fourth-order valence-corrected chi connectivity index (χ4v) is 3.01. The quantitative estimate of drug-likeness (QED) is 0.524. The minimum atomic E-state index is -0.429. The van der Waals surface area contributed by atoms with E-state index in [1.807, 2.05) is 30.3 Å². The molecule has 0 saturated carbocycles. The number of carbonyl (C=O) groups excluding carboxylic acids is 1. The molecule has 120 valence electrons. The van der Waals surface area contributed by atoms with E-state index in [1.54, 1.807) is 25.1 Å². The van der Waals surface area contributed by atoms with Crippen molar-refractivity contribution in [1.29, 1.82) is 0 Å². The van der Waals surface area contributed by atoms with E-state index in [-0.39, 0.29) is 11.6 Å². The van der Waals surface area contributed by atoms with Gasteiger partial charge in [-0.25, -0.2) is 4.99 Å². The van der Waals surface area contributed by atoms with Gasteiger partial charge in [0.1, 0.15) is 0 Å². The number of amidine groups is 1. The van der Waals surface area contributed by atoms with Crippen molar-refractivity contribution in [1.82, 2.24) is 5.32 Å². The zero-order valence-corrected chi connectivity index (χ0v) is 13.5. The van der Waals surface area contributed by atoms with Gasteiger partial charge in [-0.05, 0) is 42.5 Å². The van der Waals surface area contributed by atoms with Gasteiger partial charge in [0.25, 0.3) is 11.6 Å². The van der Waals surface area contributed by atoms with E-state index in [0.717, 1.165) is 5.69 Å². The number of nitro benzene ring substituents is 1. The van der Waals surface area contributed by atoms with E-state index in [9.17, 15) is 14.9 Å². The van der Waals surface area contributed by atoms with E-state index in [1.165, 1.54) is 17.8 Å². The molecular weight excluding hydrogens is 326 g/mol. The first-order valence-corrected chi connectivity index (χ1v) is 7.94. The summed E-state index contributed by atoms with van der Waals surface area (Å²) in [4.78, 5) is 27.4. The van der Waals surface area contributed by atoms with Gasteiger partial charge in [0.15, 0.2) is 5.17 Å². The van der Waals surface area contributed by atoms with Gasteiger partial charge < -0.3 is 5.32 Å². The molecule has 1 aliphatic heterocycles. The lowest BCUT2D eigenvalue weighted by Crippen LogP contribution is -2.19. The second-order valence-electron chi connectivity index (χ2n) is 5.12. The highest BCUT2D eigenvalue weighted by Crippen LogP contribution is 2.29. The van der Waals surface area contributed by atoms with Crippen LogP contribution in [-0.4, -0.2) is 16.0 Å². The fourth-order valence-electron chi connectivity index (χ4n) is 2.16. The summed E-state index contributed by atoms with van der Waals surface area (Å²) >= 11 is 1.21. The number of hydrogen-bond donors (Lipinski definition) is 1. The number of para-hydroxylation sites is 1. The largest absolute Gasteiger partial charge is 0.300 e. The maximum atomic E-state index is 12.1. The predicted octanol–water partition coefficient (Wildman–Crippen LogP) is 3.79. The Bertz CT molecular complexity index is 876. The molecule has 3 rings (SSSR count). The third kappa shape index (κ3) is 3.52. The molecule has 0 bridgehead atoms. The Balaban J connectivity index is 1.87. The van der Waals surface area contributed by atoms with Crippen molar-refractivity contribution in [2.24, 2.45) is 4.99 Å². The molecule has 1 amide bonds. The number of nitro groups is 1. The van der Waals surface area contributed by atoms with Crippen LogP contribution in [0.5, 0.6) is 0 Å². The van der Waals surface area contributed by atoms with E-state index in [2.05, 4.69) is 10.3 Å². The Labute approximate surface area is 142 Å². The van der Waals surface area contributed by atoms with Crippen LogP contribution < -0.4 is 5.32 Å². The van der Waals surface area contributed by atoms with Gasteiger partial charge >= 0.3 is 0 Å². The number of aliphatic imine (C=N–C) groups is 1. The number of rotatable bonds is 3. The first kappa shape index (κ1) is 15.9. The standard InChI is InChI=1S/C17H13N3O3S/c1-11-7-8-12(9-14(11)20(22)23)10-15-16(21)19-17(24-15)18-13-5-3-2-4-6-13/h2-10H,1H3,(H,18,19,21)/b15-10+. The van der Waals surface area contributed by atoms with Gasteiger partial charge in [0.2, 0.25) is 0 Å². The van der Waals surface area contributed by atoms with Gasteiger partial charge in [-0.15, -0.1) is 0 Å². The van der Waals surface area contributed by atoms with Gasteiger partial charge in [0.05, 0.1) is 15.5 Å². The third-order valence-corrected chi connectivity index (χ3v) is 4.28. The highest BCUT2D eigenvalue weighted by Gasteiger charge is 2.24. The van der Waals surface area contributed by atoms with Crippen molar-refractivity contribution in [3.63, 3.8) is 0 Å². The van der Waals surface area contributed by atoms with Crippen molar-refractivity contribution < 1.29 is 9.72 Å². The molecule has 6 nitrogen and oxygen atoms in total. The third-order valence-electron chi connectivity index (χ3n) is 3.37. The molecule has 7 heteroatoms. The lowest BCUT2D eigenvalue weighted by atomic mass is 10.1. The van der Waals surface area contributed by atoms with Crippen LogP contribution in [0.25, 0.3) is 6.08 Å². The molecular formula is C17H13N3O3S. The zero-order chi connectivity index (χ0) is 17.1. The smallest absolute Gasteiger partial charge is 0.272 e. The summed E-state index contributed by atoms with van der Waals surface area (Å²) in [6.07, 6.45) is 1.62. The normalized spacial score (nSPS) is 17.3. The van der Waals surface area contributed by atoms with Gasteiger partial charge in [0, 0.05) is 11.6 Å². The number of nitrogens with one attached hydrogen (secondary N) is 1. The number of amides is 1. The molecule has 1 heterocycles. The number of thioether (sulfide) groups is 1. The maximum absolute atomic E-state index is 12.1. The monoisotopic (exact) mass is 339 g/mol. The fraction of sp³-hybridized carbons (Fsp3) is 0.0588. The molecule has 1 saturated heterocycles. The van der Waals surface area contributed by atoms with Crippen LogP contribution in [0.15, 0.2) is 58.4 Å². The Morgan fingerprint density at radius 1 is 1.21 bits per heavy atom. The van der Waals surface area contributed by atoms with Gasteiger partial charge in [-0.3, -0.25) is 14.9 Å². The van der Waals surface area contributed by atoms with Crippen molar-refractivity contribution in [3.8, 4) is 0 Å². The minimum absolute atomic E-state index is 0.0333. The Kier molecular flexibility index (Phi) is 4.43. The van der Waals surface area contributed by atoms with Crippen molar-refractivity contribution in [3.05, 3.63) is 74.7 Å². The van der Waals surface area contributed by atoms with E-state index >= 15 is 0 Å². The van der Waals surface area contributed by atoms with Gasteiger partial charge in [-0.1, -0.05) is 30.3 Å². The van der Waals surface area contributed by atoms with Gasteiger partial charge in [-0.2, -0.15) is 0 Å². The highest BCUT2D eigenvalue weighted by atomic mass is 32.2. The van der Waals surface area contributed by atoms with Crippen LogP contribution in [0.1, 0.15) is 11.1 Å². The molecule has 1 N–H and O–H groups in total. The summed E-state index contributed by atoms with van der Waals surface area (Å²) in [5, 5.41) is 14.2. The van der Waals surface area contributed by atoms with E-state index < -0.39 is 4.92 Å². The molecule has 0 unspecified atom stereocenters. The number of nitrogens with zero attached hydrogens (tertiary/aromatic N) is 2. The zero-order valence-electron chi connectivity index (χ0n) is 12.7. The summed E-state index contributed by atoms with van der Waals surface area (Å²) < 4.78 is 0. The first-order valence-electron chi connectivity index (χ1n) is 7.12. The van der Waals surface area contributed by atoms with Crippen LogP contribution in [0.4, 0.5) is 11.4 Å². The number of carbonyl (C=O) groups is 1. The number of aryl methyl sites for hydroxylation is 1. The lowest BCUT2D eigenvalue weighted by Gasteiger charge is -1.99. The van der Waals surface area contributed by atoms with Crippen LogP contribution >= 0.6 is 11.8 Å². The predicted molar refractivity (Wildman–Crippen MR) is 95.1 cm³/mol. The number of benzene rings is 2. The van der Waals surface area contributed by atoms with Crippen molar-refractivity contribution in [2.45, 2.75) is 6.92 Å². The second kappa shape index (κ2) is 6.67. The second-order valence-corrected chi connectivity index (χ2v) is 6.15. The van der Waals surface area contributed by atoms with Crippen LogP contribution in [0.2, 0.25) is 0 Å². The highest BCUT2D eigenvalue weighted by molar-refractivity contribution is 8.18. The molecule has 0 atom stereocenters. The molecule has 0 aliphatic carbocycles. The van der Waals surface area contributed by atoms with Crippen LogP contribution in [0, 0.1) is 17.0 Å². The lowest BCUT2D eigenvalue weighted by molar-refractivity contribution is -0.385. The first-order chi connectivity index (χ1) is 11.5. The topological polar surface area (TPSA) is 84.6 Å². The molecule has 2 aromatic rings. The molecule has 24 heavy (non-hydrogen) atoms. The minimum Gasteiger partial charge on any atom is -0.300 e. The van der Waals surface area contributed by atoms with E-state index in [0.29, 0.717) is 21.2 Å². The average Bonchev–Trinajstić information content (AvgIpc) is 2.89. The number of hydrogen-bond acceptors (Lipinski definition) is 5. The summed E-state index contributed by atoms with van der Waals surface area (Å²) in [7, 11) is 0. The molecule has 1 aliphatic rings. The van der Waals surface area contributed by atoms with Crippen molar-refractivity contribution in [2.75, 3.05) is 0 Å². The van der Waals surface area contributed by atoms with Crippen LogP contribution in [0.3, 0.4) is 0 Å².